The SMILES string of the molecule is CCCCCC(N=[N+]=[N-])C1=NC(=O)OCCC1. The molecule has 0 radical (unpaired) electrons. The van der Waals surface area contributed by atoms with Gasteiger partial charge in [-0.25, -0.2) is 4.79 Å². The van der Waals surface area contributed by atoms with E-state index in [4.69, 9.17) is 10.3 Å². The zero-order valence-corrected chi connectivity index (χ0v) is 10.1. The summed E-state index contributed by atoms with van der Waals surface area (Å²) in [5.41, 5.74) is 9.22. The van der Waals surface area contributed by atoms with E-state index in [2.05, 4.69) is 21.9 Å². The topological polar surface area (TPSA) is 87.4 Å². The highest BCUT2D eigenvalue weighted by molar-refractivity contribution is 5.97. The highest BCUT2D eigenvalue weighted by Crippen LogP contribution is 2.14. The van der Waals surface area contributed by atoms with E-state index >= 15 is 0 Å². The Balaban J connectivity index is 2.67. The molecule has 1 aliphatic heterocycles. The maximum Gasteiger partial charge on any atom is 0.433 e. The predicted octanol–water partition coefficient (Wildman–Crippen LogP) is 3.62. The summed E-state index contributed by atoms with van der Waals surface area (Å²) in [5.74, 6) is 0. The van der Waals surface area contributed by atoms with E-state index in [-0.39, 0.29) is 6.04 Å². The number of cyclic esters (lactones) is 1. The molecule has 0 fully saturated rings. The van der Waals surface area contributed by atoms with Gasteiger partial charge >= 0.3 is 6.09 Å². The van der Waals surface area contributed by atoms with Crippen LogP contribution in [0, 0.1) is 0 Å². The minimum atomic E-state index is -0.564. The van der Waals surface area contributed by atoms with Crippen molar-refractivity contribution in [2.75, 3.05) is 6.61 Å². The Kier molecular flexibility index (Phi) is 6.10. The summed E-state index contributed by atoms with van der Waals surface area (Å²) >= 11 is 0. The quantitative estimate of drug-likeness (QED) is 0.306. The number of hydrogen-bond donors (Lipinski definition) is 0. The standard InChI is InChI=1S/C11H18N4O2/c1-2-3-4-6-10(14-15-12)9-7-5-8-17-11(16)13-9/h10H,2-8H2,1H3. The number of carbonyl (C=O) groups excluding carboxylic acids is 1. The van der Waals surface area contributed by atoms with Crippen LogP contribution in [0.5, 0.6) is 0 Å². The molecule has 0 saturated carbocycles. The lowest BCUT2D eigenvalue weighted by molar-refractivity contribution is 0.159. The molecule has 1 heterocycles. The number of nitrogens with zero attached hydrogens (tertiary/aromatic N) is 4. The van der Waals surface area contributed by atoms with Gasteiger partial charge in [-0.2, -0.15) is 4.99 Å². The molecular formula is C11H18N4O2. The van der Waals surface area contributed by atoms with Crippen molar-refractivity contribution in [3.05, 3.63) is 10.4 Å². The molecule has 1 aliphatic rings. The van der Waals surface area contributed by atoms with Gasteiger partial charge < -0.3 is 4.74 Å². The van der Waals surface area contributed by atoms with E-state index in [9.17, 15) is 4.79 Å². The lowest BCUT2D eigenvalue weighted by Crippen LogP contribution is -2.18. The summed E-state index contributed by atoms with van der Waals surface area (Å²) in [5, 5.41) is 3.74. The summed E-state index contributed by atoms with van der Waals surface area (Å²) in [6.45, 7) is 2.51. The van der Waals surface area contributed by atoms with Crippen molar-refractivity contribution in [1.82, 2.24) is 0 Å². The minimum absolute atomic E-state index is 0.294. The second-order valence-electron chi connectivity index (χ2n) is 4.04. The molecule has 0 spiro atoms. The van der Waals surface area contributed by atoms with Crippen LogP contribution in [-0.2, 0) is 4.74 Å². The van der Waals surface area contributed by atoms with Crippen LogP contribution in [0.1, 0.15) is 45.4 Å². The Morgan fingerprint density at radius 1 is 1.59 bits per heavy atom. The number of rotatable bonds is 6. The molecule has 0 aliphatic carbocycles. The lowest BCUT2D eigenvalue weighted by Gasteiger charge is -2.11. The molecule has 6 nitrogen and oxygen atoms in total. The fraction of sp³-hybridized carbons (Fsp3) is 0.818. The molecule has 17 heavy (non-hydrogen) atoms. The highest BCUT2D eigenvalue weighted by atomic mass is 16.5. The van der Waals surface area contributed by atoms with Crippen LogP contribution in [0.4, 0.5) is 4.79 Å². The van der Waals surface area contributed by atoms with Gasteiger partial charge in [-0.15, -0.1) is 0 Å². The van der Waals surface area contributed by atoms with Crippen LogP contribution in [0.15, 0.2) is 10.1 Å². The summed E-state index contributed by atoms with van der Waals surface area (Å²) in [6.07, 6.45) is 4.79. The van der Waals surface area contributed by atoms with Crippen molar-refractivity contribution in [2.45, 2.75) is 51.5 Å². The summed E-state index contributed by atoms with van der Waals surface area (Å²) in [4.78, 5) is 17.9. The van der Waals surface area contributed by atoms with Gasteiger partial charge in [0.2, 0.25) is 0 Å². The molecular weight excluding hydrogens is 220 g/mol. The molecule has 0 aromatic rings. The van der Waals surface area contributed by atoms with Crippen LogP contribution in [0.2, 0.25) is 0 Å². The molecule has 0 aromatic carbocycles. The maximum atomic E-state index is 11.2. The van der Waals surface area contributed by atoms with Crippen LogP contribution in [0.25, 0.3) is 10.4 Å². The van der Waals surface area contributed by atoms with Crippen LogP contribution in [0.3, 0.4) is 0 Å². The van der Waals surface area contributed by atoms with Gasteiger partial charge in [-0.05, 0) is 24.8 Å². The second-order valence-corrected chi connectivity index (χ2v) is 4.04. The molecule has 1 unspecified atom stereocenters. The maximum absolute atomic E-state index is 11.2. The normalized spacial score (nSPS) is 17.5. The van der Waals surface area contributed by atoms with Gasteiger partial charge in [-0.1, -0.05) is 31.3 Å². The molecule has 0 saturated heterocycles. The molecule has 1 amide bonds. The zero-order valence-electron chi connectivity index (χ0n) is 10.1. The monoisotopic (exact) mass is 238 g/mol. The van der Waals surface area contributed by atoms with Gasteiger partial charge in [0.25, 0.3) is 0 Å². The van der Waals surface area contributed by atoms with Gasteiger partial charge in [-0.3, -0.25) is 0 Å². The van der Waals surface area contributed by atoms with E-state index in [1.807, 2.05) is 0 Å². The number of carbonyl (C=O) groups is 1. The lowest BCUT2D eigenvalue weighted by atomic mass is 10.0. The molecule has 6 heteroatoms. The fourth-order valence-electron chi connectivity index (χ4n) is 1.80. The number of aliphatic imine (C=N–C) groups is 1. The zero-order chi connectivity index (χ0) is 12.5. The minimum Gasteiger partial charge on any atom is -0.448 e. The molecule has 1 rings (SSSR count). The van der Waals surface area contributed by atoms with E-state index in [1.165, 1.54) is 0 Å². The van der Waals surface area contributed by atoms with Crippen LogP contribution >= 0.6 is 0 Å². The van der Waals surface area contributed by atoms with E-state index in [1.54, 1.807) is 0 Å². The van der Waals surface area contributed by atoms with E-state index in [0.717, 1.165) is 32.1 Å². The predicted molar refractivity (Wildman–Crippen MR) is 65.1 cm³/mol. The van der Waals surface area contributed by atoms with Crippen molar-refractivity contribution >= 4 is 11.8 Å². The van der Waals surface area contributed by atoms with E-state index < -0.39 is 6.09 Å². The van der Waals surface area contributed by atoms with Gasteiger partial charge in [0.15, 0.2) is 0 Å². The smallest absolute Gasteiger partial charge is 0.433 e. The summed E-state index contributed by atoms with van der Waals surface area (Å²) in [7, 11) is 0. The number of hydrogen-bond acceptors (Lipinski definition) is 3. The molecule has 0 aromatic heterocycles. The number of unbranched alkanes of at least 4 members (excludes halogenated alkanes) is 2. The number of ether oxygens (including phenoxy) is 1. The molecule has 0 bridgehead atoms. The second kappa shape index (κ2) is 7.68. The first-order valence-electron chi connectivity index (χ1n) is 6.06. The number of azide groups is 1. The molecule has 1 atom stereocenters. The molecule has 0 N–H and O–H groups in total. The third-order valence-corrected chi connectivity index (χ3v) is 2.69. The molecule has 94 valence electrons. The first kappa shape index (κ1) is 13.5. The highest BCUT2D eigenvalue weighted by Gasteiger charge is 2.18. The summed E-state index contributed by atoms with van der Waals surface area (Å²) in [6, 6.07) is -0.294. The number of amides is 1. The third-order valence-electron chi connectivity index (χ3n) is 2.69. The third kappa shape index (κ3) is 4.87. The van der Waals surface area contributed by atoms with E-state index in [0.29, 0.717) is 18.7 Å². The Morgan fingerprint density at radius 2 is 2.41 bits per heavy atom. The first-order chi connectivity index (χ1) is 8.27. The Morgan fingerprint density at radius 3 is 3.12 bits per heavy atom. The van der Waals surface area contributed by atoms with Crippen LogP contribution in [-0.4, -0.2) is 24.5 Å². The Labute approximate surface area is 101 Å². The summed E-state index contributed by atoms with van der Waals surface area (Å²) < 4.78 is 4.83. The Hall–Kier alpha value is -1.55. The average molecular weight is 238 g/mol. The van der Waals surface area contributed by atoms with Gasteiger partial charge in [0.05, 0.1) is 12.6 Å². The first-order valence-corrected chi connectivity index (χ1v) is 6.06. The van der Waals surface area contributed by atoms with Crippen molar-refractivity contribution in [2.24, 2.45) is 10.1 Å². The van der Waals surface area contributed by atoms with Crippen molar-refractivity contribution in [3.8, 4) is 0 Å². The van der Waals surface area contributed by atoms with Crippen molar-refractivity contribution in [1.29, 1.82) is 0 Å². The fourth-order valence-corrected chi connectivity index (χ4v) is 1.80. The van der Waals surface area contributed by atoms with Gasteiger partial charge in [0, 0.05) is 10.6 Å². The largest absolute Gasteiger partial charge is 0.448 e. The van der Waals surface area contributed by atoms with Gasteiger partial charge in [0.1, 0.15) is 0 Å². The van der Waals surface area contributed by atoms with Crippen molar-refractivity contribution in [3.63, 3.8) is 0 Å². The van der Waals surface area contributed by atoms with Crippen molar-refractivity contribution < 1.29 is 9.53 Å². The Bertz CT molecular complexity index is 334. The van der Waals surface area contributed by atoms with Crippen LogP contribution < -0.4 is 0 Å². The average Bonchev–Trinajstić information content (AvgIpc) is 2.53.